The van der Waals surface area contributed by atoms with Crippen LogP contribution in [0.2, 0.25) is 0 Å². The first kappa shape index (κ1) is 22.5. The van der Waals surface area contributed by atoms with E-state index in [0.717, 1.165) is 17.9 Å². The van der Waals surface area contributed by atoms with E-state index in [2.05, 4.69) is 20.1 Å². The predicted molar refractivity (Wildman–Crippen MR) is 108 cm³/mol. The highest BCUT2D eigenvalue weighted by atomic mass is 32.2. The first-order chi connectivity index (χ1) is 14.4. The highest BCUT2D eigenvalue weighted by molar-refractivity contribution is 7.90. The van der Waals surface area contributed by atoms with Crippen LogP contribution in [-0.4, -0.2) is 44.6 Å². The summed E-state index contributed by atoms with van der Waals surface area (Å²) in [7, 11) is -3.40. The molecule has 0 bridgehead atoms. The lowest BCUT2D eigenvalue weighted by Crippen LogP contribution is -2.44. The lowest BCUT2D eigenvalue weighted by atomic mass is 10.1. The van der Waals surface area contributed by atoms with Crippen molar-refractivity contribution >= 4 is 27.3 Å². The first-order valence-electron chi connectivity index (χ1n) is 9.18. The largest absolute Gasteiger partial charge is 0.586 e. The molecule has 0 unspecified atom stereocenters. The molecule has 1 aliphatic rings. The average molecular weight is 454 g/mol. The van der Waals surface area contributed by atoms with Crippen LogP contribution in [0.5, 0.6) is 11.5 Å². The highest BCUT2D eigenvalue weighted by Gasteiger charge is 2.43. The Morgan fingerprint density at radius 2 is 1.81 bits per heavy atom. The van der Waals surface area contributed by atoms with Crippen molar-refractivity contribution in [2.45, 2.75) is 25.7 Å². The molecule has 0 spiro atoms. The third kappa shape index (κ3) is 6.14. The monoisotopic (exact) mass is 454 g/mol. The summed E-state index contributed by atoms with van der Waals surface area (Å²) in [6, 6.07) is 9.13. The van der Waals surface area contributed by atoms with E-state index < -0.39 is 34.0 Å². The number of alkyl halides is 2. The maximum atomic E-state index is 13.2. The minimum atomic E-state index is -3.80. The number of halogens is 2. The molecule has 0 radical (unpaired) electrons. The van der Waals surface area contributed by atoms with E-state index in [0.29, 0.717) is 5.56 Å². The Kier molecular flexibility index (Phi) is 6.16. The van der Waals surface area contributed by atoms with Gasteiger partial charge in [-0.1, -0.05) is 17.7 Å². The van der Waals surface area contributed by atoms with Gasteiger partial charge in [-0.15, -0.1) is 8.78 Å². The summed E-state index contributed by atoms with van der Waals surface area (Å²) in [4.78, 5) is 25.3. The van der Waals surface area contributed by atoms with Gasteiger partial charge in [0.25, 0.3) is 5.91 Å². The van der Waals surface area contributed by atoms with Gasteiger partial charge in [0, 0.05) is 23.6 Å². The maximum absolute atomic E-state index is 13.2. The number of rotatable bonds is 7. The third-order valence-corrected chi connectivity index (χ3v) is 5.33. The number of amides is 2. The first-order valence-corrected chi connectivity index (χ1v) is 11.2. The average Bonchev–Trinajstić information content (AvgIpc) is 2.97. The van der Waals surface area contributed by atoms with E-state index in [1.165, 1.54) is 12.1 Å². The molecular weight excluding hydrogens is 434 g/mol. The van der Waals surface area contributed by atoms with Gasteiger partial charge in [-0.2, -0.15) is 0 Å². The normalized spacial score (nSPS) is 15.2. The van der Waals surface area contributed by atoms with Gasteiger partial charge in [-0.3, -0.25) is 9.59 Å². The summed E-state index contributed by atoms with van der Waals surface area (Å²) < 4.78 is 58.1. The number of hydrogen-bond donors (Lipinski definition) is 2. The van der Waals surface area contributed by atoms with E-state index >= 15 is 0 Å². The van der Waals surface area contributed by atoms with Crippen molar-refractivity contribution < 1.29 is 36.3 Å². The van der Waals surface area contributed by atoms with E-state index in [-0.39, 0.29) is 29.4 Å². The Morgan fingerprint density at radius 1 is 1.10 bits per heavy atom. The van der Waals surface area contributed by atoms with E-state index in [4.69, 9.17) is 0 Å². The Bertz CT molecular complexity index is 1120. The molecule has 2 aromatic rings. The zero-order chi connectivity index (χ0) is 22.8. The van der Waals surface area contributed by atoms with Gasteiger partial charge in [0.1, 0.15) is 15.9 Å². The fourth-order valence-electron chi connectivity index (χ4n) is 2.88. The number of hydrogen-bond acceptors (Lipinski definition) is 6. The molecule has 1 heterocycles. The molecule has 11 heteroatoms. The van der Waals surface area contributed by atoms with Crippen molar-refractivity contribution in [3.63, 3.8) is 0 Å². The molecule has 166 valence electrons. The van der Waals surface area contributed by atoms with Gasteiger partial charge < -0.3 is 20.1 Å². The molecule has 0 saturated carbocycles. The molecule has 0 aromatic heterocycles. The van der Waals surface area contributed by atoms with Crippen molar-refractivity contribution in [2.75, 3.05) is 17.3 Å². The van der Waals surface area contributed by atoms with Crippen LogP contribution in [0.1, 0.15) is 22.3 Å². The second kappa shape index (κ2) is 8.50. The molecule has 0 aliphatic carbocycles. The fraction of sp³-hybridized carbons (Fsp3) is 0.300. The van der Waals surface area contributed by atoms with Crippen molar-refractivity contribution in [1.82, 2.24) is 5.32 Å². The maximum Gasteiger partial charge on any atom is 0.586 e. The van der Waals surface area contributed by atoms with Crippen LogP contribution in [0.25, 0.3) is 0 Å². The fourth-order valence-corrected chi connectivity index (χ4v) is 3.55. The second-order valence-electron chi connectivity index (χ2n) is 7.13. The summed E-state index contributed by atoms with van der Waals surface area (Å²) >= 11 is 0. The lowest BCUT2D eigenvalue weighted by molar-refractivity contribution is -0.286. The van der Waals surface area contributed by atoms with E-state index in [1.807, 2.05) is 0 Å². The predicted octanol–water partition coefficient (Wildman–Crippen LogP) is 2.49. The topological polar surface area (TPSA) is 111 Å². The van der Waals surface area contributed by atoms with Crippen LogP contribution < -0.4 is 20.1 Å². The third-order valence-electron chi connectivity index (χ3n) is 4.35. The number of nitrogens with one attached hydrogen (secondary N) is 2. The van der Waals surface area contributed by atoms with Gasteiger partial charge in [0.2, 0.25) is 5.91 Å². The number of anilines is 1. The minimum Gasteiger partial charge on any atom is -0.395 e. The summed E-state index contributed by atoms with van der Waals surface area (Å²) in [5.41, 5.74) is 1.25. The number of ether oxygens (including phenoxy) is 2. The summed E-state index contributed by atoms with van der Waals surface area (Å²) in [6.45, 7) is 1.80. The molecular formula is C20H20F2N2O6S. The summed E-state index contributed by atoms with van der Waals surface area (Å²) in [6.07, 6.45) is -2.96. The Labute approximate surface area is 177 Å². The van der Waals surface area contributed by atoms with E-state index in [1.54, 1.807) is 31.2 Å². The number of aryl methyl sites for hydroxylation is 1. The molecule has 0 fully saturated rings. The minimum absolute atomic E-state index is 0.110. The SMILES string of the molecule is Cc1cccc(C(=O)N[C@@H](CCS(C)(=O)=O)C(=O)Nc2ccc3c(c2)OC(F)(F)O3)c1. The van der Waals surface area contributed by atoms with Crippen molar-refractivity contribution in [1.29, 1.82) is 0 Å². The summed E-state index contributed by atoms with van der Waals surface area (Å²) in [5.74, 6) is -2.06. The van der Waals surface area contributed by atoms with Crippen LogP contribution in [0.15, 0.2) is 42.5 Å². The smallest absolute Gasteiger partial charge is 0.395 e. The number of benzene rings is 2. The lowest BCUT2D eigenvalue weighted by Gasteiger charge is -2.18. The number of carbonyl (C=O) groups excluding carboxylic acids is 2. The number of carbonyl (C=O) groups is 2. The van der Waals surface area contributed by atoms with Crippen LogP contribution in [0.3, 0.4) is 0 Å². The quantitative estimate of drug-likeness (QED) is 0.665. The standard InChI is InChI=1S/C20H20F2N2O6S/c1-12-4-3-5-13(10-12)18(25)24-15(8-9-31(2,27)28)19(26)23-14-6-7-16-17(11-14)30-20(21,22)29-16/h3-7,10-11,15H,8-9H2,1-2H3,(H,23,26)(H,24,25)/t15-/m0/s1. The molecule has 0 saturated heterocycles. The Balaban J connectivity index is 1.75. The van der Waals surface area contributed by atoms with Crippen LogP contribution >= 0.6 is 0 Å². The van der Waals surface area contributed by atoms with Crippen molar-refractivity contribution in [3.05, 3.63) is 53.6 Å². The Morgan fingerprint density at radius 3 is 2.48 bits per heavy atom. The zero-order valence-electron chi connectivity index (χ0n) is 16.6. The van der Waals surface area contributed by atoms with Crippen LogP contribution in [0.4, 0.5) is 14.5 Å². The van der Waals surface area contributed by atoms with Crippen LogP contribution in [-0.2, 0) is 14.6 Å². The number of fused-ring (bicyclic) bond motifs is 1. The van der Waals surface area contributed by atoms with Gasteiger partial charge in [-0.05, 0) is 37.6 Å². The molecule has 1 atom stereocenters. The van der Waals surface area contributed by atoms with Gasteiger partial charge in [0.15, 0.2) is 11.5 Å². The zero-order valence-corrected chi connectivity index (χ0v) is 17.5. The Hall–Kier alpha value is -3.21. The highest BCUT2D eigenvalue weighted by Crippen LogP contribution is 2.42. The molecule has 2 aromatic carbocycles. The van der Waals surface area contributed by atoms with Crippen molar-refractivity contribution in [3.8, 4) is 11.5 Å². The second-order valence-corrected chi connectivity index (χ2v) is 9.39. The van der Waals surface area contributed by atoms with Crippen LogP contribution in [0, 0.1) is 6.92 Å². The molecule has 2 amide bonds. The molecule has 31 heavy (non-hydrogen) atoms. The molecule has 3 rings (SSSR count). The van der Waals surface area contributed by atoms with E-state index in [9.17, 15) is 26.8 Å². The van der Waals surface area contributed by atoms with Gasteiger partial charge in [0.05, 0.1) is 5.75 Å². The van der Waals surface area contributed by atoms with Gasteiger partial charge >= 0.3 is 6.29 Å². The number of sulfone groups is 1. The van der Waals surface area contributed by atoms with Crippen molar-refractivity contribution in [2.24, 2.45) is 0 Å². The van der Waals surface area contributed by atoms with Gasteiger partial charge in [-0.25, -0.2) is 8.42 Å². The summed E-state index contributed by atoms with van der Waals surface area (Å²) in [5, 5.41) is 5.00. The molecule has 8 nitrogen and oxygen atoms in total. The molecule has 1 aliphatic heterocycles. The molecule has 2 N–H and O–H groups in total.